The molecule has 4 rings (SSSR count). The topological polar surface area (TPSA) is 77.8 Å². The average Bonchev–Trinajstić information content (AvgIpc) is 2.58. The summed E-state index contributed by atoms with van der Waals surface area (Å²) in [6, 6.07) is 12.7. The van der Waals surface area contributed by atoms with E-state index >= 15 is 0 Å². The SMILES string of the molecule is NC1CCCCC1N.c1cnc2c(c1)ccc1ncccc12. The molecule has 2 heterocycles. The van der Waals surface area contributed by atoms with Crippen molar-refractivity contribution in [2.24, 2.45) is 11.5 Å². The molecule has 114 valence electrons. The molecule has 22 heavy (non-hydrogen) atoms. The van der Waals surface area contributed by atoms with Gasteiger partial charge in [-0.2, -0.15) is 0 Å². The molecule has 0 radical (unpaired) electrons. The molecule has 1 fully saturated rings. The Bertz CT molecular complexity index is 691. The maximum absolute atomic E-state index is 5.65. The molecule has 4 nitrogen and oxygen atoms in total. The number of benzene rings is 1. The molecule has 0 saturated heterocycles. The van der Waals surface area contributed by atoms with Crippen LogP contribution in [0, 0.1) is 0 Å². The van der Waals surface area contributed by atoms with Crippen LogP contribution in [0.15, 0.2) is 48.8 Å². The molecule has 0 amide bonds. The number of nitrogens with zero attached hydrogens (tertiary/aromatic N) is 2. The zero-order valence-electron chi connectivity index (χ0n) is 12.7. The van der Waals surface area contributed by atoms with E-state index < -0.39 is 0 Å². The lowest BCUT2D eigenvalue weighted by molar-refractivity contribution is 0.385. The zero-order valence-corrected chi connectivity index (χ0v) is 12.7. The Hall–Kier alpha value is -2.04. The summed E-state index contributed by atoms with van der Waals surface area (Å²) in [6.45, 7) is 0. The number of fused-ring (bicyclic) bond motifs is 3. The minimum Gasteiger partial charge on any atom is -0.326 e. The molecule has 2 unspecified atom stereocenters. The molecular formula is C18H22N4. The second-order valence-corrected chi connectivity index (χ2v) is 5.82. The predicted octanol–water partition coefficient (Wildman–Crippen LogP) is 3.00. The van der Waals surface area contributed by atoms with Crippen molar-refractivity contribution in [1.82, 2.24) is 9.97 Å². The van der Waals surface area contributed by atoms with Crippen LogP contribution in [0.2, 0.25) is 0 Å². The average molecular weight is 294 g/mol. The second-order valence-electron chi connectivity index (χ2n) is 5.82. The number of aromatic nitrogens is 2. The quantitative estimate of drug-likeness (QED) is 0.625. The minimum absolute atomic E-state index is 0.281. The van der Waals surface area contributed by atoms with Crippen LogP contribution in [0.5, 0.6) is 0 Å². The largest absolute Gasteiger partial charge is 0.326 e. The van der Waals surface area contributed by atoms with Gasteiger partial charge in [0, 0.05) is 35.2 Å². The molecule has 1 aliphatic carbocycles. The number of pyridine rings is 2. The molecule has 2 atom stereocenters. The highest BCUT2D eigenvalue weighted by Crippen LogP contribution is 2.21. The van der Waals surface area contributed by atoms with Gasteiger partial charge in [-0.3, -0.25) is 9.97 Å². The van der Waals surface area contributed by atoms with E-state index in [1.165, 1.54) is 12.8 Å². The van der Waals surface area contributed by atoms with Crippen molar-refractivity contribution in [2.75, 3.05) is 0 Å². The van der Waals surface area contributed by atoms with Gasteiger partial charge in [-0.05, 0) is 37.1 Å². The number of nitrogens with two attached hydrogens (primary N) is 2. The van der Waals surface area contributed by atoms with Gasteiger partial charge in [-0.1, -0.05) is 25.0 Å². The lowest BCUT2D eigenvalue weighted by atomic mass is 9.92. The summed E-state index contributed by atoms with van der Waals surface area (Å²) in [4.78, 5) is 8.66. The van der Waals surface area contributed by atoms with Crippen LogP contribution in [0.25, 0.3) is 21.8 Å². The Morgan fingerprint density at radius 2 is 1.50 bits per heavy atom. The van der Waals surface area contributed by atoms with Crippen LogP contribution in [-0.4, -0.2) is 22.1 Å². The van der Waals surface area contributed by atoms with Crippen LogP contribution in [-0.2, 0) is 0 Å². The van der Waals surface area contributed by atoms with Crippen molar-refractivity contribution < 1.29 is 0 Å². The van der Waals surface area contributed by atoms with Crippen LogP contribution in [0.1, 0.15) is 25.7 Å². The molecule has 2 aromatic heterocycles. The van der Waals surface area contributed by atoms with Crippen LogP contribution in [0.3, 0.4) is 0 Å². The maximum Gasteiger partial charge on any atom is 0.0795 e. The summed E-state index contributed by atoms with van der Waals surface area (Å²) >= 11 is 0. The highest BCUT2D eigenvalue weighted by atomic mass is 14.8. The summed E-state index contributed by atoms with van der Waals surface area (Å²) in [5, 5.41) is 2.28. The van der Waals surface area contributed by atoms with Gasteiger partial charge in [0.15, 0.2) is 0 Å². The van der Waals surface area contributed by atoms with Crippen molar-refractivity contribution >= 4 is 21.8 Å². The summed E-state index contributed by atoms with van der Waals surface area (Å²) in [5.41, 5.74) is 13.3. The van der Waals surface area contributed by atoms with Crippen molar-refractivity contribution in [3.05, 3.63) is 48.8 Å². The fraction of sp³-hybridized carbons (Fsp3) is 0.333. The Labute approximate surface area is 130 Å². The van der Waals surface area contributed by atoms with E-state index in [2.05, 4.69) is 28.2 Å². The number of hydrogen-bond acceptors (Lipinski definition) is 4. The third kappa shape index (κ3) is 3.24. The first kappa shape index (κ1) is 14.9. The summed E-state index contributed by atoms with van der Waals surface area (Å²) < 4.78 is 0. The van der Waals surface area contributed by atoms with Crippen LogP contribution >= 0.6 is 0 Å². The highest BCUT2D eigenvalue weighted by Gasteiger charge is 2.16. The van der Waals surface area contributed by atoms with Crippen molar-refractivity contribution in [1.29, 1.82) is 0 Å². The molecule has 1 saturated carbocycles. The van der Waals surface area contributed by atoms with Gasteiger partial charge < -0.3 is 11.5 Å². The first-order chi connectivity index (χ1) is 10.8. The fourth-order valence-electron chi connectivity index (χ4n) is 2.88. The monoisotopic (exact) mass is 294 g/mol. The van der Waals surface area contributed by atoms with Crippen molar-refractivity contribution in [3.8, 4) is 0 Å². The van der Waals surface area contributed by atoms with E-state index in [-0.39, 0.29) is 12.1 Å². The Kier molecular flexibility index (Phi) is 4.61. The van der Waals surface area contributed by atoms with Crippen LogP contribution < -0.4 is 11.5 Å². The number of rotatable bonds is 0. The van der Waals surface area contributed by atoms with Gasteiger partial charge >= 0.3 is 0 Å². The number of hydrogen-bond donors (Lipinski definition) is 2. The molecule has 4 heteroatoms. The summed E-state index contributed by atoms with van der Waals surface area (Å²) in [7, 11) is 0. The summed E-state index contributed by atoms with van der Waals surface area (Å²) in [6.07, 6.45) is 8.41. The van der Waals surface area contributed by atoms with Crippen molar-refractivity contribution in [2.45, 2.75) is 37.8 Å². The lowest BCUT2D eigenvalue weighted by Gasteiger charge is -2.24. The molecule has 1 aromatic carbocycles. The molecular weight excluding hydrogens is 272 g/mol. The van der Waals surface area contributed by atoms with E-state index in [1.807, 2.05) is 24.4 Å². The first-order valence-electron chi connectivity index (χ1n) is 7.85. The summed E-state index contributed by atoms with van der Waals surface area (Å²) in [5.74, 6) is 0. The Morgan fingerprint density at radius 3 is 2.23 bits per heavy atom. The molecule has 0 bridgehead atoms. The molecule has 0 aliphatic heterocycles. The van der Waals surface area contributed by atoms with E-state index in [9.17, 15) is 0 Å². The standard InChI is InChI=1S/C12H8N2.C6H14N2/c1-3-9-5-6-11-10(4-2-7-13-11)12(9)14-8-1;7-5-3-1-2-4-6(5)8/h1-8H;5-6H,1-4,7-8H2. The van der Waals surface area contributed by atoms with Gasteiger partial charge in [0.2, 0.25) is 0 Å². The highest BCUT2D eigenvalue weighted by molar-refractivity contribution is 6.03. The third-order valence-corrected chi connectivity index (χ3v) is 4.23. The lowest BCUT2D eigenvalue weighted by Crippen LogP contribution is -2.43. The van der Waals surface area contributed by atoms with Gasteiger partial charge in [-0.15, -0.1) is 0 Å². The molecule has 0 spiro atoms. The fourth-order valence-corrected chi connectivity index (χ4v) is 2.88. The maximum atomic E-state index is 5.65. The van der Waals surface area contributed by atoms with Crippen LogP contribution in [0.4, 0.5) is 0 Å². The Balaban J connectivity index is 0.000000154. The van der Waals surface area contributed by atoms with E-state index in [0.29, 0.717) is 0 Å². The van der Waals surface area contributed by atoms with Gasteiger partial charge in [-0.25, -0.2) is 0 Å². The second kappa shape index (κ2) is 6.81. The van der Waals surface area contributed by atoms with Gasteiger partial charge in [0.1, 0.15) is 0 Å². The molecule has 1 aliphatic rings. The van der Waals surface area contributed by atoms with Gasteiger partial charge in [0.05, 0.1) is 11.0 Å². The minimum atomic E-state index is 0.281. The van der Waals surface area contributed by atoms with E-state index in [0.717, 1.165) is 34.6 Å². The molecule has 4 N–H and O–H groups in total. The van der Waals surface area contributed by atoms with E-state index in [1.54, 1.807) is 6.20 Å². The molecule has 3 aromatic rings. The zero-order chi connectivity index (χ0) is 15.4. The van der Waals surface area contributed by atoms with E-state index in [4.69, 9.17) is 11.5 Å². The smallest absolute Gasteiger partial charge is 0.0795 e. The van der Waals surface area contributed by atoms with Crippen molar-refractivity contribution in [3.63, 3.8) is 0 Å². The van der Waals surface area contributed by atoms with Gasteiger partial charge in [0.25, 0.3) is 0 Å². The Morgan fingerprint density at radius 1 is 0.818 bits per heavy atom. The normalized spacial score (nSPS) is 21.4. The third-order valence-electron chi connectivity index (χ3n) is 4.23. The predicted molar refractivity (Wildman–Crippen MR) is 91.5 cm³/mol. The first-order valence-corrected chi connectivity index (χ1v) is 7.85.